The molecule has 0 saturated carbocycles. The van der Waals surface area contributed by atoms with Gasteiger partial charge in [0.05, 0.1) is 10.7 Å². The fourth-order valence-corrected chi connectivity index (χ4v) is 2.51. The Balaban J connectivity index is 1.76. The molecular formula is C20H21ClN4O. The number of carbonyl (C=O) groups excluding carboxylic acids is 1. The Labute approximate surface area is 158 Å². The van der Waals surface area contributed by atoms with E-state index in [1.165, 1.54) is 11.8 Å². The third-order valence-corrected chi connectivity index (χ3v) is 4.08. The first-order valence-corrected chi connectivity index (χ1v) is 8.72. The number of benzene rings is 2. The molecule has 2 aromatic rings. The number of nitrogens with zero attached hydrogens (tertiary/aromatic N) is 1. The van der Waals surface area contributed by atoms with Crippen molar-refractivity contribution in [3.8, 4) is 6.07 Å². The number of nitrogens with two attached hydrogens (primary N) is 1. The summed E-state index contributed by atoms with van der Waals surface area (Å²) in [7, 11) is 0. The van der Waals surface area contributed by atoms with Gasteiger partial charge < -0.3 is 16.4 Å². The SMILES string of the molecule is N#C/C(=C/NCCCCc1ccccc1)C(=O)Nc1ccc(N)c(Cl)c1. The highest BCUT2D eigenvalue weighted by molar-refractivity contribution is 6.33. The average Bonchev–Trinajstić information content (AvgIpc) is 2.65. The van der Waals surface area contributed by atoms with Gasteiger partial charge in [-0.1, -0.05) is 41.9 Å². The first kappa shape index (κ1) is 19.4. The van der Waals surface area contributed by atoms with Gasteiger partial charge in [-0.25, -0.2) is 0 Å². The Hall–Kier alpha value is -2.97. The van der Waals surface area contributed by atoms with E-state index in [9.17, 15) is 4.79 Å². The molecule has 0 unspecified atom stereocenters. The molecule has 134 valence electrons. The van der Waals surface area contributed by atoms with Crippen molar-refractivity contribution in [1.82, 2.24) is 5.32 Å². The lowest BCUT2D eigenvalue weighted by Crippen LogP contribution is -2.17. The standard InChI is InChI=1S/C20H21ClN4O/c21-18-12-17(9-10-19(18)23)25-20(26)16(13-22)14-24-11-5-4-8-15-6-2-1-3-7-15/h1-3,6-7,9-10,12,14,24H,4-5,8,11,23H2,(H,25,26)/b16-14-. The number of unbranched alkanes of at least 4 members (excludes halogenated alkanes) is 1. The molecule has 4 N–H and O–H groups in total. The Morgan fingerprint density at radius 1 is 1.19 bits per heavy atom. The Bertz CT molecular complexity index is 812. The average molecular weight is 369 g/mol. The van der Waals surface area contributed by atoms with Crippen molar-refractivity contribution in [2.75, 3.05) is 17.6 Å². The zero-order chi connectivity index (χ0) is 18.8. The van der Waals surface area contributed by atoms with Crippen molar-refractivity contribution in [3.05, 3.63) is 70.9 Å². The summed E-state index contributed by atoms with van der Waals surface area (Å²) in [5.41, 5.74) is 7.85. The quantitative estimate of drug-likeness (QED) is 0.285. The molecule has 0 atom stereocenters. The molecule has 0 aliphatic heterocycles. The Morgan fingerprint density at radius 2 is 1.96 bits per heavy atom. The molecule has 2 aromatic carbocycles. The summed E-state index contributed by atoms with van der Waals surface area (Å²) in [5.74, 6) is -0.495. The van der Waals surface area contributed by atoms with E-state index in [-0.39, 0.29) is 5.57 Å². The van der Waals surface area contributed by atoms with Crippen LogP contribution in [0.2, 0.25) is 5.02 Å². The van der Waals surface area contributed by atoms with E-state index in [1.54, 1.807) is 18.2 Å². The lowest BCUT2D eigenvalue weighted by molar-refractivity contribution is -0.112. The molecule has 0 saturated heterocycles. The highest BCUT2D eigenvalue weighted by atomic mass is 35.5. The number of rotatable bonds is 8. The third-order valence-electron chi connectivity index (χ3n) is 3.75. The summed E-state index contributed by atoms with van der Waals surface area (Å²) in [6, 6.07) is 16.9. The number of carbonyl (C=O) groups is 1. The molecule has 0 bridgehead atoms. The molecular weight excluding hydrogens is 348 g/mol. The number of hydrogen-bond acceptors (Lipinski definition) is 4. The summed E-state index contributed by atoms with van der Waals surface area (Å²) in [6.07, 6.45) is 4.43. The molecule has 0 spiro atoms. The molecule has 5 nitrogen and oxygen atoms in total. The maximum Gasteiger partial charge on any atom is 0.267 e. The molecule has 0 aromatic heterocycles. The van der Waals surface area contributed by atoms with Crippen molar-refractivity contribution < 1.29 is 4.79 Å². The van der Waals surface area contributed by atoms with Gasteiger partial charge >= 0.3 is 0 Å². The molecule has 26 heavy (non-hydrogen) atoms. The van der Waals surface area contributed by atoms with E-state index >= 15 is 0 Å². The maximum atomic E-state index is 12.1. The summed E-state index contributed by atoms with van der Waals surface area (Å²) < 4.78 is 0. The van der Waals surface area contributed by atoms with Crippen molar-refractivity contribution >= 4 is 28.9 Å². The van der Waals surface area contributed by atoms with E-state index in [2.05, 4.69) is 22.8 Å². The molecule has 1 amide bonds. The van der Waals surface area contributed by atoms with E-state index in [4.69, 9.17) is 22.6 Å². The van der Waals surface area contributed by atoms with Gasteiger partial charge in [0.2, 0.25) is 0 Å². The van der Waals surface area contributed by atoms with Crippen molar-refractivity contribution in [2.45, 2.75) is 19.3 Å². The minimum Gasteiger partial charge on any atom is -0.398 e. The fraction of sp³-hybridized carbons (Fsp3) is 0.200. The Kier molecular flexibility index (Phi) is 7.53. The molecule has 2 rings (SSSR count). The van der Waals surface area contributed by atoms with Crippen LogP contribution in [-0.2, 0) is 11.2 Å². The number of amides is 1. The second kappa shape index (κ2) is 10.1. The van der Waals surface area contributed by atoms with E-state index in [0.717, 1.165) is 19.3 Å². The number of hydrogen-bond donors (Lipinski definition) is 3. The zero-order valence-corrected chi connectivity index (χ0v) is 15.1. The van der Waals surface area contributed by atoms with Gasteiger partial charge in [0.25, 0.3) is 5.91 Å². The van der Waals surface area contributed by atoms with Crippen LogP contribution in [0.1, 0.15) is 18.4 Å². The van der Waals surface area contributed by atoms with Gasteiger partial charge in [-0.2, -0.15) is 5.26 Å². The summed E-state index contributed by atoms with van der Waals surface area (Å²) in [5, 5.41) is 15.2. The van der Waals surface area contributed by atoms with Gasteiger partial charge in [-0.3, -0.25) is 4.79 Å². The molecule has 0 fully saturated rings. The van der Waals surface area contributed by atoms with Gasteiger partial charge in [-0.15, -0.1) is 0 Å². The van der Waals surface area contributed by atoms with Gasteiger partial charge in [0.1, 0.15) is 11.6 Å². The molecule has 6 heteroatoms. The van der Waals surface area contributed by atoms with Crippen LogP contribution in [0.5, 0.6) is 0 Å². The zero-order valence-electron chi connectivity index (χ0n) is 14.3. The molecule has 0 aliphatic carbocycles. The molecule has 0 heterocycles. The third kappa shape index (κ3) is 6.15. The minimum absolute atomic E-state index is 0.000932. The predicted octanol–water partition coefficient (Wildman–Crippen LogP) is 3.88. The summed E-state index contributed by atoms with van der Waals surface area (Å²) in [4.78, 5) is 12.1. The van der Waals surface area contributed by atoms with Crippen LogP contribution in [0.15, 0.2) is 60.3 Å². The largest absolute Gasteiger partial charge is 0.398 e. The second-order valence-electron chi connectivity index (χ2n) is 5.76. The second-order valence-corrected chi connectivity index (χ2v) is 6.16. The van der Waals surface area contributed by atoms with E-state index < -0.39 is 5.91 Å². The molecule has 0 aliphatic rings. The fourth-order valence-electron chi connectivity index (χ4n) is 2.33. The van der Waals surface area contributed by atoms with Crippen LogP contribution in [-0.4, -0.2) is 12.5 Å². The number of anilines is 2. The first-order valence-electron chi connectivity index (χ1n) is 8.34. The van der Waals surface area contributed by atoms with Crippen molar-refractivity contribution in [1.29, 1.82) is 5.26 Å². The lowest BCUT2D eigenvalue weighted by atomic mass is 10.1. The number of nitrogens with one attached hydrogen (secondary N) is 2. The van der Waals surface area contributed by atoms with Gasteiger partial charge in [-0.05, 0) is 43.0 Å². The van der Waals surface area contributed by atoms with Crippen molar-refractivity contribution in [3.63, 3.8) is 0 Å². The minimum atomic E-state index is -0.495. The Morgan fingerprint density at radius 3 is 2.65 bits per heavy atom. The number of aryl methyl sites for hydroxylation is 1. The van der Waals surface area contributed by atoms with Crippen LogP contribution in [0.3, 0.4) is 0 Å². The first-order chi connectivity index (χ1) is 12.6. The summed E-state index contributed by atoms with van der Waals surface area (Å²) in [6.45, 7) is 0.693. The lowest BCUT2D eigenvalue weighted by Gasteiger charge is -2.07. The van der Waals surface area contributed by atoms with Gasteiger partial charge in [0, 0.05) is 18.4 Å². The normalized spacial score (nSPS) is 10.8. The maximum absolute atomic E-state index is 12.1. The monoisotopic (exact) mass is 368 g/mol. The predicted molar refractivity (Wildman–Crippen MR) is 106 cm³/mol. The topological polar surface area (TPSA) is 90.9 Å². The van der Waals surface area contributed by atoms with Crippen LogP contribution in [0, 0.1) is 11.3 Å². The highest BCUT2D eigenvalue weighted by Crippen LogP contribution is 2.22. The van der Waals surface area contributed by atoms with Crippen LogP contribution >= 0.6 is 11.6 Å². The highest BCUT2D eigenvalue weighted by Gasteiger charge is 2.09. The van der Waals surface area contributed by atoms with Crippen LogP contribution < -0.4 is 16.4 Å². The van der Waals surface area contributed by atoms with Crippen molar-refractivity contribution in [2.24, 2.45) is 0 Å². The van der Waals surface area contributed by atoms with Gasteiger partial charge in [0.15, 0.2) is 0 Å². The smallest absolute Gasteiger partial charge is 0.267 e. The summed E-state index contributed by atoms with van der Waals surface area (Å²) >= 11 is 5.92. The van der Waals surface area contributed by atoms with Crippen LogP contribution in [0.4, 0.5) is 11.4 Å². The number of nitrogen functional groups attached to an aromatic ring is 1. The van der Waals surface area contributed by atoms with E-state index in [0.29, 0.717) is 22.9 Å². The van der Waals surface area contributed by atoms with E-state index in [1.807, 2.05) is 24.3 Å². The number of halogens is 1. The van der Waals surface area contributed by atoms with Crippen LogP contribution in [0.25, 0.3) is 0 Å². The molecule has 0 radical (unpaired) electrons. The number of nitriles is 1.